The van der Waals surface area contributed by atoms with Crippen LogP contribution in [0.2, 0.25) is 0 Å². The molecule has 0 aliphatic heterocycles. The number of nitrogen functional groups attached to an aromatic ring is 1. The van der Waals surface area contributed by atoms with Crippen molar-refractivity contribution < 1.29 is 14.3 Å². The summed E-state index contributed by atoms with van der Waals surface area (Å²) in [5.74, 6) is -0.983. The van der Waals surface area contributed by atoms with Crippen LogP contribution >= 0.6 is 15.9 Å². The van der Waals surface area contributed by atoms with Gasteiger partial charge >= 0.3 is 5.97 Å². The fourth-order valence-electron chi connectivity index (χ4n) is 1.58. The van der Waals surface area contributed by atoms with Gasteiger partial charge in [0.2, 0.25) is 0 Å². The zero-order valence-electron chi connectivity index (χ0n) is 11.0. The number of hydrogen-bond donors (Lipinski definition) is 2. The van der Waals surface area contributed by atoms with Crippen molar-refractivity contribution in [3.05, 3.63) is 58.6 Å². The van der Waals surface area contributed by atoms with Crippen LogP contribution in [-0.2, 0) is 9.53 Å². The van der Waals surface area contributed by atoms with Gasteiger partial charge in [-0.1, -0.05) is 12.1 Å². The van der Waals surface area contributed by atoms with E-state index in [0.29, 0.717) is 16.9 Å². The van der Waals surface area contributed by atoms with E-state index in [1.807, 2.05) is 6.07 Å². The molecule has 0 spiro atoms. The number of ether oxygens (including phenoxy) is 1. The monoisotopic (exact) mass is 348 g/mol. The first-order valence-electron chi connectivity index (χ1n) is 6.13. The van der Waals surface area contributed by atoms with Crippen LogP contribution < -0.4 is 11.1 Å². The first kappa shape index (κ1) is 15.1. The number of carbonyl (C=O) groups excluding carboxylic acids is 2. The molecule has 0 saturated heterocycles. The molecule has 0 radical (unpaired) electrons. The van der Waals surface area contributed by atoms with E-state index in [0.717, 1.165) is 4.47 Å². The van der Waals surface area contributed by atoms with E-state index >= 15 is 0 Å². The summed E-state index contributed by atoms with van der Waals surface area (Å²) in [6.45, 7) is -0.357. The van der Waals surface area contributed by atoms with Crippen LogP contribution in [0.4, 0.5) is 11.4 Å². The molecule has 1 amide bonds. The van der Waals surface area contributed by atoms with Crippen LogP contribution in [0.5, 0.6) is 0 Å². The molecule has 0 unspecified atom stereocenters. The Bertz CT molecular complexity index is 656. The Morgan fingerprint density at radius 1 is 1.10 bits per heavy atom. The van der Waals surface area contributed by atoms with Crippen LogP contribution in [0.25, 0.3) is 0 Å². The van der Waals surface area contributed by atoms with E-state index in [4.69, 9.17) is 10.5 Å². The van der Waals surface area contributed by atoms with Gasteiger partial charge in [0.05, 0.1) is 11.3 Å². The Kier molecular flexibility index (Phi) is 4.94. The largest absolute Gasteiger partial charge is 0.452 e. The summed E-state index contributed by atoms with van der Waals surface area (Å²) in [5.41, 5.74) is 7.04. The third-order valence-corrected chi connectivity index (χ3v) is 3.32. The highest BCUT2D eigenvalue weighted by Gasteiger charge is 2.11. The average Bonchev–Trinajstić information content (AvgIpc) is 2.48. The molecule has 0 bridgehead atoms. The minimum Gasteiger partial charge on any atom is -0.452 e. The summed E-state index contributed by atoms with van der Waals surface area (Å²) in [6, 6.07) is 13.4. The van der Waals surface area contributed by atoms with Gasteiger partial charge in [-0.25, -0.2) is 4.79 Å². The number of nitrogens with two attached hydrogens (primary N) is 1. The van der Waals surface area contributed by atoms with E-state index in [9.17, 15) is 9.59 Å². The summed E-state index contributed by atoms with van der Waals surface area (Å²) >= 11 is 3.31. The predicted octanol–water partition coefficient (Wildman–Crippen LogP) is 2.83. The molecule has 0 aliphatic carbocycles. The number of benzene rings is 2. The number of esters is 1. The molecule has 3 N–H and O–H groups in total. The number of nitrogens with one attached hydrogen (secondary N) is 1. The zero-order valence-corrected chi connectivity index (χ0v) is 12.6. The first-order valence-corrected chi connectivity index (χ1v) is 6.92. The number of hydrogen-bond acceptors (Lipinski definition) is 4. The summed E-state index contributed by atoms with van der Waals surface area (Å²) in [7, 11) is 0. The van der Waals surface area contributed by atoms with Gasteiger partial charge in [-0.05, 0) is 52.3 Å². The van der Waals surface area contributed by atoms with Gasteiger partial charge in [0, 0.05) is 10.2 Å². The first-order chi connectivity index (χ1) is 10.1. The predicted molar refractivity (Wildman–Crippen MR) is 83.9 cm³/mol. The lowest BCUT2D eigenvalue weighted by molar-refractivity contribution is -0.119. The molecule has 0 fully saturated rings. The maximum atomic E-state index is 11.7. The molecule has 0 aromatic heterocycles. The van der Waals surface area contributed by atoms with Crippen molar-refractivity contribution in [2.75, 3.05) is 17.7 Å². The Labute approximate surface area is 130 Å². The van der Waals surface area contributed by atoms with Crippen molar-refractivity contribution in [2.45, 2.75) is 0 Å². The van der Waals surface area contributed by atoms with Crippen molar-refractivity contribution in [3.8, 4) is 0 Å². The van der Waals surface area contributed by atoms with E-state index in [1.165, 1.54) is 0 Å². The lowest BCUT2D eigenvalue weighted by Gasteiger charge is -2.08. The van der Waals surface area contributed by atoms with Crippen LogP contribution in [0, 0.1) is 0 Å². The summed E-state index contributed by atoms with van der Waals surface area (Å²) < 4.78 is 5.69. The number of anilines is 2. The van der Waals surface area contributed by atoms with Crippen LogP contribution in [0.3, 0.4) is 0 Å². The summed E-state index contributed by atoms with van der Waals surface area (Å²) in [4.78, 5) is 23.5. The molecule has 0 aliphatic rings. The molecule has 2 aromatic carbocycles. The van der Waals surface area contributed by atoms with Crippen molar-refractivity contribution in [1.82, 2.24) is 0 Å². The molecule has 2 aromatic rings. The maximum absolute atomic E-state index is 11.7. The molecule has 0 saturated carbocycles. The maximum Gasteiger partial charge on any atom is 0.338 e. The molecular formula is C15H13BrN2O3. The van der Waals surface area contributed by atoms with Gasteiger partial charge in [-0.15, -0.1) is 0 Å². The van der Waals surface area contributed by atoms with Crippen LogP contribution in [-0.4, -0.2) is 18.5 Å². The SMILES string of the molecule is Nc1ccc(C(=O)OCC(=O)Nc2ccccc2Br)cc1. The molecule has 6 heteroatoms. The van der Waals surface area contributed by atoms with Gasteiger partial charge in [0.25, 0.3) is 5.91 Å². The van der Waals surface area contributed by atoms with Crippen molar-refractivity contribution in [2.24, 2.45) is 0 Å². The summed E-state index contributed by atoms with van der Waals surface area (Å²) in [6.07, 6.45) is 0. The van der Waals surface area contributed by atoms with E-state index in [-0.39, 0.29) is 6.61 Å². The summed E-state index contributed by atoms with van der Waals surface area (Å²) in [5, 5.41) is 2.64. The van der Waals surface area contributed by atoms with Gasteiger partial charge in [0.1, 0.15) is 0 Å². The second kappa shape index (κ2) is 6.90. The molecule has 108 valence electrons. The fraction of sp³-hybridized carbons (Fsp3) is 0.0667. The lowest BCUT2D eigenvalue weighted by Crippen LogP contribution is -2.21. The lowest BCUT2D eigenvalue weighted by atomic mass is 10.2. The highest BCUT2D eigenvalue weighted by molar-refractivity contribution is 9.10. The third kappa shape index (κ3) is 4.32. The number of amides is 1. The molecule has 0 atom stereocenters. The van der Waals surface area contributed by atoms with Crippen molar-refractivity contribution in [1.29, 1.82) is 0 Å². The van der Waals surface area contributed by atoms with Gasteiger partial charge < -0.3 is 15.8 Å². The molecule has 0 heterocycles. The highest BCUT2D eigenvalue weighted by Crippen LogP contribution is 2.20. The van der Waals surface area contributed by atoms with Gasteiger partial charge in [-0.3, -0.25) is 4.79 Å². The highest BCUT2D eigenvalue weighted by atomic mass is 79.9. The smallest absolute Gasteiger partial charge is 0.338 e. The molecule has 21 heavy (non-hydrogen) atoms. The van der Waals surface area contributed by atoms with Crippen molar-refractivity contribution >= 4 is 39.2 Å². The Balaban J connectivity index is 1.88. The topological polar surface area (TPSA) is 81.4 Å². The van der Waals surface area contributed by atoms with E-state index in [1.54, 1.807) is 42.5 Å². The van der Waals surface area contributed by atoms with Gasteiger partial charge in [0.15, 0.2) is 6.61 Å². The molecule has 2 rings (SSSR count). The Morgan fingerprint density at radius 3 is 2.43 bits per heavy atom. The van der Waals surface area contributed by atoms with Crippen LogP contribution in [0.1, 0.15) is 10.4 Å². The number of carbonyl (C=O) groups is 2. The molecular weight excluding hydrogens is 336 g/mol. The Morgan fingerprint density at radius 2 is 1.76 bits per heavy atom. The number of rotatable bonds is 4. The standard InChI is InChI=1S/C15H13BrN2O3/c16-12-3-1-2-4-13(12)18-14(19)9-21-15(20)10-5-7-11(17)8-6-10/h1-8H,9,17H2,(H,18,19). The van der Waals surface area contributed by atoms with Gasteiger partial charge in [-0.2, -0.15) is 0 Å². The minimum atomic E-state index is -0.572. The second-order valence-electron chi connectivity index (χ2n) is 4.23. The Hall–Kier alpha value is -2.34. The minimum absolute atomic E-state index is 0.345. The number of para-hydroxylation sites is 1. The average molecular weight is 349 g/mol. The van der Waals surface area contributed by atoms with Crippen LogP contribution in [0.15, 0.2) is 53.0 Å². The normalized spacial score (nSPS) is 9.95. The third-order valence-electron chi connectivity index (χ3n) is 2.63. The quantitative estimate of drug-likeness (QED) is 0.657. The van der Waals surface area contributed by atoms with E-state index in [2.05, 4.69) is 21.2 Å². The van der Waals surface area contributed by atoms with Crippen molar-refractivity contribution in [3.63, 3.8) is 0 Å². The fourth-order valence-corrected chi connectivity index (χ4v) is 1.97. The number of halogens is 1. The molecule has 5 nitrogen and oxygen atoms in total. The second-order valence-corrected chi connectivity index (χ2v) is 5.08. The zero-order chi connectivity index (χ0) is 15.2. The van der Waals surface area contributed by atoms with E-state index < -0.39 is 11.9 Å².